The summed E-state index contributed by atoms with van der Waals surface area (Å²) in [5.41, 5.74) is 24.5. The van der Waals surface area contributed by atoms with Crippen molar-refractivity contribution in [2.45, 2.75) is 0 Å². The Morgan fingerprint density at radius 2 is 0.443 bits per heavy atom. The number of hydrogen-bond donors (Lipinski definition) is 0. The van der Waals surface area contributed by atoms with Crippen molar-refractivity contribution in [2.24, 2.45) is 0 Å². The lowest BCUT2D eigenvalue weighted by atomic mass is 9.95. The SMILES string of the molecule is c1ccc(-c2nc(-c3ccc(-c4nc(-c5ccccc5)c(-c5ccc(-c6cccc(-c7nc(-c8ccccc8)c(-c8ccc(-c9ccc%10c(c9)oc9ccccc9%10)cc8)nc7-c7ccccc7)c6)cc5)nc4-c4ccccc4)cc3)nc(-c3ccccc3-c3ccccc3)n2)cc1. The van der Waals surface area contributed by atoms with E-state index in [1.54, 1.807) is 0 Å². The lowest BCUT2D eigenvalue weighted by molar-refractivity contribution is 0.669. The Balaban J connectivity index is 0.731. The van der Waals surface area contributed by atoms with E-state index in [9.17, 15) is 0 Å². The highest BCUT2D eigenvalue weighted by Crippen LogP contribution is 2.43. The third-order valence-corrected chi connectivity index (χ3v) is 17.8. The Hall–Kier alpha value is -13.2. The van der Waals surface area contributed by atoms with Crippen LogP contribution in [0.15, 0.2) is 350 Å². The average Bonchev–Trinajstić information content (AvgIpc) is 0.875. The molecule has 0 amide bonds. The van der Waals surface area contributed by atoms with Gasteiger partial charge in [0, 0.05) is 72.0 Å². The van der Waals surface area contributed by atoms with Gasteiger partial charge in [-0.2, -0.15) is 0 Å². The fourth-order valence-electron chi connectivity index (χ4n) is 12.9. The number of para-hydroxylation sites is 1. The van der Waals surface area contributed by atoms with Crippen molar-refractivity contribution < 1.29 is 4.42 Å². The molecule has 4 heterocycles. The molecule has 0 aliphatic rings. The maximum absolute atomic E-state index is 6.29. The molecular formula is C89H57N7O. The quantitative estimate of drug-likeness (QED) is 0.106. The molecule has 0 aliphatic heterocycles. The van der Waals surface area contributed by atoms with Gasteiger partial charge in [0.2, 0.25) is 0 Å². The molecule has 13 aromatic carbocycles. The number of nitrogens with zero attached hydrogens (tertiary/aromatic N) is 7. The van der Waals surface area contributed by atoms with Crippen molar-refractivity contribution in [3.05, 3.63) is 346 Å². The minimum absolute atomic E-state index is 0.563. The van der Waals surface area contributed by atoms with Crippen LogP contribution in [0.5, 0.6) is 0 Å². The summed E-state index contributed by atoms with van der Waals surface area (Å²) in [5.74, 6) is 1.75. The summed E-state index contributed by atoms with van der Waals surface area (Å²) in [6.45, 7) is 0. The second-order valence-electron chi connectivity index (χ2n) is 23.9. The molecule has 0 bridgehead atoms. The van der Waals surface area contributed by atoms with Crippen LogP contribution in [0.1, 0.15) is 0 Å². The molecule has 8 heteroatoms. The molecule has 4 aromatic heterocycles. The third-order valence-electron chi connectivity index (χ3n) is 17.8. The van der Waals surface area contributed by atoms with E-state index >= 15 is 0 Å². The minimum Gasteiger partial charge on any atom is -0.456 e. The minimum atomic E-state index is 0.563. The van der Waals surface area contributed by atoms with Crippen LogP contribution in [-0.2, 0) is 0 Å². The third kappa shape index (κ3) is 11.4. The first kappa shape index (κ1) is 57.7. The molecule has 0 N–H and O–H groups in total. The second-order valence-corrected chi connectivity index (χ2v) is 23.9. The molecule has 0 saturated heterocycles. The number of rotatable bonds is 14. The van der Waals surface area contributed by atoms with Gasteiger partial charge in [-0.25, -0.2) is 34.9 Å². The molecule has 0 aliphatic carbocycles. The molecule has 17 rings (SSSR count). The van der Waals surface area contributed by atoms with Gasteiger partial charge in [-0.05, 0) is 57.6 Å². The summed E-state index contributed by atoms with van der Waals surface area (Å²) < 4.78 is 6.29. The number of hydrogen-bond acceptors (Lipinski definition) is 8. The lowest BCUT2D eigenvalue weighted by Crippen LogP contribution is -2.02. The fourth-order valence-corrected chi connectivity index (χ4v) is 12.9. The van der Waals surface area contributed by atoms with Gasteiger partial charge in [-0.3, -0.25) is 0 Å². The highest BCUT2D eigenvalue weighted by atomic mass is 16.3. The van der Waals surface area contributed by atoms with Gasteiger partial charge in [0.05, 0.1) is 45.6 Å². The summed E-state index contributed by atoms with van der Waals surface area (Å²) in [4.78, 5) is 38.0. The molecule has 97 heavy (non-hydrogen) atoms. The number of aromatic nitrogens is 7. The smallest absolute Gasteiger partial charge is 0.164 e. The van der Waals surface area contributed by atoms with Gasteiger partial charge in [0.15, 0.2) is 17.5 Å². The predicted octanol–water partition coefficient (Wildman–Crippen LogP) is 22.7. The van der Waals surface area contributed by atoms with E-state index in [1.165, 1.54) is 0 Å². The largest absolute Gasteiger partial charge is 0.456 e. The standard InChI is InChI=1S/C89H57N7O/c1-7-24-60(25-8-1)73-38-19-20-40-76(73)89-95-87(68-34-17-6-18-35-68)94-88(96-89)69-52-50-67(51-53-69)85-80(62-28-11-3-12-29-62)90-83(79(91-85)61-26-9-2-10-27-61)65-46-42-58(43-47-65)70-36-23-37-72(56-70)86-82(64-32-15-5-16-33-64)92-84(81(93-86)63-30-13-4-14-31-63)66-48-44-59(45-49-66)71-54-55-75-74-39-21-22-41-77(74)97-78(75)57-71/h1-57H. The van der Waals surface area contributed by atoms with Crippen LogP contribution in [0.25, 0.3) is 180 Å². The first-order valence-electron chi connectivity index (χ1n) is 32.4. The predicted molar refractivity (Wildman–Crippen MR) is 394 cm³/mol. The van der Waals surface area contributed by atoms with E-state index in [2.05, 4.69) is 243 Å². The first-order valence-corrected chi connectivity index (χ1v) is 32.4. The van der Waals surface area contributed by atoms with Crippen LogP contribution in [0.2, 0.25) is 0 Å². The van der Waals surface area contributed by atoms with Crippen LogP contribution in [0.4, 0.5) is 0 Å². The van der Waals surface area contributed by atoms with Crippen molar-refractivity contribution in [3.63, 3.8) is 0 Å². The van der Waals surface area contributed by atoms with E-state index in [0.717, 1.165) is 162 Å². The highest BCUT2D eigenvalue weighted by molar-refractivity contribution is 6.06. The lowest BCUT2D eigenvalue weighted by Gasteiger charge is -2.17. The Morgan fingerprint density at radius 1 is 0.155 bits per heavy atom. The molecule has 0 saturated carbocycles. The van der Waals surface area contributed by atoms with Gasteiger partial charge in [-0.15, -0.1) is 0 Å². The molecule has 17 aromatic rings. The van der Waals surface area contributed by atoms with E-state index in [4.69, 9.17) is 39.3 Å². The van der Waals surface area contributed by atoms with Crippen LogP contribution in [0.3, 0.4) is 0 Å². The fraction of sp³-hybridized carbons (Fsp3) is 0. The summed E-state index contributed by atoms with van der Waals surface area (Å²) >= 11 is 0. The summed E-state index contributed by atoms with van der Waals surface area (Å²) in [6.07, 6.45) is 0. The maximum Gasteiger partial charge on any atom is 0.164 e. The number of fused-ring (bicyclic) bond motifs is 3. The molecule has 0 radical (unpaired) electrons. The Labute approximate surface area is 561 Å². The number of benzene rings is 13. The van der Waals surface area contributed by atoms with Crippen LogP contribution < -0.4 is 0 Å². The normalized spacial score (nSPS) is 11.3. The van der Waals surface area contributed by atoms with Crippen LogP contribution in [0, 0.1) is 0 Å². The zero-order valence-electron chi connectivity index (χ0n) is 52.4. The molecule has 0 atom stereocenters. The topological polar surface area (TPSA) is 103 Å². The summed E-state index contributed by atoms with van der Waals surface area (Å²) in [6, 6.07) is 119. The molecule has 454 valence electrons. The van der Waals surface area contributed by atoms with Gasteiger partial charge >= 0.3 is 0 Å². The van der Waals surface area contributed by atoms with Crippen LogP contribution in [-0.4, -0.2) is 34.9 Å². The Morgan fingerprint density at radius 3 is 0.907 bits per heavy atom. The van der Waals surface area contributed by atoms with Crippen molar-refractivity contribution in [1.82, 2.24) is 34.9 Å². The molecule has 0 fully saturated rings. The summed E-state index contributed by atoms with van der Waals surface area (Å²) in [7, 11) is 0. The summed E-state index contributed by atoms with van der Waals surface area (Å²) in [5, 5.41) is 2.22. The van der Waals surface area contributed by atoms with Gasteiger partial charge < -0.3 is 4.42 Å². The highest BCUT2D eigenvalue weighted by Gasteiger charge is 2.24. The monoisotopic (exact) mass is 1240 g/mol. The second kappa shape index (κ2) is 25.4. The van der Waals surface area contributed by atoms with E-state index in [-0.39, 0.29) is 0 Å². The van der Waals surface area contributed by atoms with Crippen molar-refractivity contribution in [1.29, 1.82) is 0 Å². The van der Waals surface area contributed by atoms with Crippen LogP contribution >= 0.6 is 0 Å². The Kier molecular flexibility index (Phi) is 15.1. The zero-order valence-corrected chi connectivity index (χ0v) is 52.4. The van der Waals surface area contributed by atoms with Gasteiger partial charge in [0.25, 0.3) is 0 Å². The van der Waals surface area contributed by atoms with E-state index in [0.29, 0.717) is 17.5 Å². The zero-order chi connectivity index (χ0) is 64.4. The molecule has 0 unspecified atom stereocenters. The average molecular weight is 1240 g/mol. The Bertz CT molecular complexity index is 5700. The number of furan rings is 1. The maximum atomic E-state index is 6.29. The molecule has 0 spiro atoms. The van der Waals surface area contributed by atoms with E-state index in [1.807, 2.05) is 103 Å². The van der Waals surface area contributed by atoms with Crippen molar-refractivity contribution >= 4 is 21.9 Å². The first-order chi connectivity index (χ1) is 48.1. The van der Waals surface area contributed by atoms with Crippen molar-refractivity contribution in [3.8, 4) is 158 Å². The molecule has 8 nitrogen and oxygen atoms in total. The van der Waals surface area contributed by atoms with Gasteiger partial charge in [-0.1, -0.05) is 322 Å². The molecular weight excluding hydrogens is 1180 g/mol. The van der Waals surface area contributed by atoms with E-state index < -0.39 is 0 Å². The van der Waals surface area contributed by atoms with Crippen molar-refractivity contribution in [2.75, 3.05) is 0 Å². The van der Waals surface area contributed by atoms with Gasteiger partial charge in [0.1, 0.15) is 11.2 Å².